The van der Waals surface area contributed by atoms with Crippen molar-refractivity contribution in [3.05, 3.63) is 185 Å². The number of carbonyl (C=O) groups is 3. The molecule has 21 heteroatoms. The second kappa shape index (κ2) is 31.5. The van der Waals surface area contributed by atoms with Crippen LogP contribution in [0.3, 0.4) is 0 Å². The number of nitrogens with zero attached hydrogens (tertiary/aromatic N) is 4. The van der Waals surface area contributed by atoms with E-state index in [2.05, 4.69) is 43.7 Å². The van der Waals surface area contributed by atoms with E-state index in [4.69, 9.17) is 24.7 Å². The normalized spacial score (nSPS) is 12.9. The van der Waals surface area contributed by atoms with Crippen LogP contribution in [0.4, 0.5) is 24.5 Å². The first-order valence-electron chi connectivity index (χ1n) is 24.8. The molecule has 1 aliphatic rings. The van der Waals surface area contributed by atoms with Crippen LogP contribution in [-0.2, 0) is 30.8 Å². The smallest absolute Gasteiger partial charge is 0.319 e. The molecule has 1 saturated heterocycles. The first kappa shape index (κ1) is 62.9. The molecular weight excluding hydrogens is 1030 g/mol. The molecule has 6 N–H and O–H groups in total. The van der Waals surface area contributed by atoms with Crippen molar-refractivity contribution in [2.24, 2.45) is 12.8 Å². The number of amides is 2. The lowest BCUT2D eigenvalue weighted by molar-refractivity contribution is -0.149. The summed E-state index contributed by atoms with van der Waals surface area (Å²) in [4.78, 5) is 54.8. The van der Waals surface area contributed by atoms with Gasteiger partial charge in [-0.15, -0.1) is 0 Å². The number of nitrogens with one attached hydrogen (secondary N) is 3. The van der Waals surface area contributed by atoms with Gasteiger partial charge in [-0.2, -0.15) is 0 Å². The number of rotatable bonds is 18. The summed E-state index contributed by atoms with van der Waals surface area (Å²) in [5.74, 6) is -1.04. The molecule has 2 amide bonds. The zero-order chi connectivity index (χ0) is 58.2. The summed E-state index contributed by atoms with van der Waals surface area (Å²) in [6.07, 6.45) is 5.12. The molecule has 0 saturated carbocycles. The number of hydrogen-bond donors (Lipinski definition) is 5. The Labute approximate surface area is 457 Å². The molecule has 1 fully saturated rings. The lowest BCUT2D eigenvalue weighted by Gasteiger charge is -2.32. The molecule has 0 radical (unpaired) electrons. The monoisotopic (exact) mass is 1090 g/mol. The Morgan fingerprint density at radius 2 is 1.58 bits per heavy atom. The highest BCUT2D eigenvalue weighted by molar-refractivity contribution is 6.05. The van der Waals surface area contributed by atoms with Crippen LogP contribution in [0.5, 0.6) is 17.2 Å². The van der Waals surface area contributed by atoms with Gasteiger partial charge >= 0.3 is 5.97 Å². The van der Waals surface area contributed by atoms with Gasteiger partial charge in [0.2, 0.25) is 5.91 Å². The topological polar surface area (TPSA) is 223 Å². The Morgan fingerprint density at radius 1 is 0.911 bits per heavy atom. The molecule has 4 aromatic carbocycles. The molecule has 1 unspecified atom stereocenters. The molecular formula is C58H69F3N8O10. The van der Waals surface area contributed by atoms with Gasteiger partial charge in [0.05, 0.1) is 43.4 Å². The fraction of sp³-hybridized carbons (Fsp3) is 0.293. The maximum absolute atomic E-state index is 15.3. The molecule has 1 atom stereocenters. The van der Waals surface area contributed by atoms with E-state index in [0.717, 1.165) is 11.8 Å². The lowest BCUT2D eigenvalue weighted by Crippen LogP contribution is -2.43. The number of esters is 1. The minimum absolute atomic E-state index is 0.00130. The summed E-state index contributed by atoms with van der Waals surface area (Å²) in [7, 11) is 6.36. The molecule has 0 bridgehead atoms. The molecule has 0 aliphatic carbocycles. The number of piperidine rings is 1. The van der Waals surface area contributed by atoms with Crippen LogP contribution < -0.4 is 36.7 Å². The zero-order valence-corrected chi connectivity index (χ0v) is 45.6. The number of fused-ring (bicyclic) bond motifs is 1. The second-order valence-electron chi connectivity index (χ2n) is 17.5. The summed E-state index contributed by atoms with van der Waals surface area (Å²) < 4.78 is 69.8. The minimum atomic E-state index is -0.744. The number of β-amino-alcohol motifs (C(OH)–C–C–N with tert-alkyl or cyclic N) is 1. The molecule has 3 heterocycles. The van der Waals surface area contributed by atoms with Crippen molar-refractivity contribution in [3.8, 4) is 22.9 Å². The van der Waals surface area contributed by atoms with Gasteiger partial charge in [0.1, 0.15) is 47.5 Å². The number of likely N-dealkylation sites (tertiary alicyclic amines) is 1. The van der Waals surface area contributed by atoms with Gasteiger partial charge in [-0.25, -0.2) is 17.9 Å². The Balaban J connectivity index is 0.000000390. The molecule has 6 aromatic rings. The molecule has 18 nitrogen and oxygen atoms in total. The number of anilines is 2. The number of benzene rings is 4. The van der Waals surface area contributed by atoms with Crippen molar-refractivity contribution in [1.29, 1.82) is 0 Å². The van der Waals surface area contributed by atoms with E-state index in [1.54, 1.807) is 81.3 Å². The Hall–Kier alpha value is -8.66. The molecule has 1 aliphatic heterocycles. The first-order chi connectivity index (χ1) is 37.7. The summed E-state index contributed by atoms with van der Waals surface area (Å²) in [5, 5.41) is 19.0. The van der Waals surface area contributed by atoms with Crippen LogP contribution in [0.1, 0.15) is 49.7 Å². The number of aliphatic hydroxyl groups is 1. The highest BCUT2D eigenvalue weighted by atomic mass is 19.1. The highest BCUT2D eigenvalue weighted by Gasteiger charge is 2.25. The summed E-state index contributed by atoms with van der Waals surface area (Å²) in [6.45, 7) is 15.5. The van der Waals surface area contributed by atoms with Crippen LogP contribution in [0.15, 0.2) is 156 Å². The Kier molecular flexibility index (Phi) is 25.1. The van der Waals surface area contributed by atoms with Gasteiger partial charge in [0, 0.05) is 87.5 Å². The van der Waals surface area contributed by atoms with E-state index in [-0.39, 0.29) is 53.7 Å². The summed E-state index contributed by atoms with van der Waals surface area (Å²) in [5.41, 5.74) is 7.62. The largest absolute Gasteiger partial charge is 0.502 e. The van der Waals surface area contributed by atoms with E-state index in [9.17, 15) is 33.1 Å². The molecule has 2 aromatic heterocycles. The van der Waals surface area contributed by atoms with Gasteiger partial charge < -0.3 is 55.4 Å². The number of halogens is 3. The number of carbonyl (C=O) groups excluding carboxylic acids is 3. The van der Waals surface area contributed by atoms with E-state index in [1.165, 1.54) is 67.4 Å². The SMILES string of the molecule is C/C=C(\C)OC.C=C(/C=C(/F)C(=C)OC)NC.CC(=O)Nc1ccc(F)cc1.Cc1c(C(=O)Nc2ccc(Oc3ccnc4cc(OCC(O)CN5CCC(OC(=O)CN)CC5)ccc34)c(F)c2)c(=O)n(-c2ccccc2)n1C. The third kappa shape index (κ3) is 19.7. The van der Waals surface area contributed by atoms with Crippen LogP contribution >= 0.6 is 0 Å². The minimum Gasteiger partial charge on any atom is -0.502 e. The fourth-order valence-electron chi connectivity index (χ4n) is 7.33. The fourth-order valence-corrected chi connectivity index (χ4v) is 7.33. The van der Waals surface area contributed by atoms with Crippen LogP contribution in [0.2, 0.25) is 0 Å². The highest BCUT2D eigenvalue weighted by Crippen LogP contribution is 2.33. The van der Waals surface area contributed by atoms with E-state index >= 15 is 4.39 Å². The van der Waals surface area contributed by atoms with E-state index in [1.807, 2.05) is 26.0 Å². The molecule has 422 valence electrons. The predicted molar refractivity (Wildman–Crippen MR) is 299 cm³/mol. The van der Waals surface area contributed by atoms with Crippen molar-refractivity contribution in [3.63, 3.8) is 0 Å². The van der Waals surface area contributed by atoms with Gasteiger partial charge in [0.25, 0.3) is 11.5 Å². The van der Waals surface area contributed by atoms with E-state index < -0.39 is 35.2 Å². The number of nitrogens with two attached hydrogens (primary N) is 1. The number of methoxy groups -OCH3 is 2. The maximum Gasteiger partial charge on any atom is 0.319 e. The van der Waals surface area contributed by atoms with Gasteiger partial charge in [-0.3, -0.25) is 28.8 Å². The number of para-hydroxylation sites is 1. The average molecular weight is 1100 g/mol. The number of ether oxygens (including phenoxy) is 5. The van der Waals surface area contributed by atoms with E-state index in [0.29, 0.717) is 77.6 Å². The predicted octanol–water partition coefficient (Wildman–Crippen LogP) is 9.00. The molecule has 0 spiro atoms. The average Bonchev–Trinajstić information content (AvgIpc) is 3.91. The second-order valence-corrected chi connectivity index (χ2v) is 17.5. The van der Waals surface area contributed by atoms with Gasteiger partial charge in [0.15, 0.2) is 17.4 Å². The third-order valence-corrected chi connectivity index (χ3v) is 11.8. The standard InChI is InChI=1S/C37H39FN6O7.C8H8FNO.C8H12FNO.C5H10O/c1-23-35(37(48)44(42(23)2)25-6-4-3-5-7-25)36(47)41-24-8-11-33(30(38)18-24)51-32-12-15-40-31-19-28(9-10-29(31)32)49-22-26(45)21-43-16-13-27(14-17-43)50-34(46)20-39;1-6(11)10-8-4-2-7(9)3-5-8;1-6(10-3)5-8(9)7(2)11-4;1-4-5(2)6-3/h3-12,15,18-19,26-27,45H,13-14,16-17,20-22,39H2,1-2H3,(H,41,47);2-5H,1H3,(H,10,11);5,10H,1-2H2,3-4H3;4H,1-3H3/b;;8-5+;5-4+. The van der Waals surface area contributed by atoms with Gasteiger partial charge in [-0.05, 0) is 100 Å². The van der Waals surface area contributed by atoms with Crippen LogP contribution in [0, 0.1) is 18.6 Å². The number of pyridine rings is 1. The number of aliphatic hydroxyl groups excluding tert-OH is 1. The number of likely N-dealkylation sites (N-methyl/N-ethyl adjacent to an activating group) is 1. The van der Waals surface area contributed by atoms with Gasteiger partial charge in [-0.1, -0.05) is 37.4 Å². The molecule has 7 rings (SSSR count). The summed E-state index contributed by atoms with van der Waals surface area (Å²) >= 11 is 0. The van der Waals surface area contributed by atoms with Crippen molar-refractivity contribution in [1.82, 2.24) is 24.6 Å². The molecule has 79 heavy (non-hydrogen) atoms. The Morgan fingerprint density at radius 3 is 2.16 bits per heavy atom. The maximum atomic E-state index is 15.3. The third-order valence-electron chi connectivity index (χ3n) is 11.8. The number of hydrogen-bond acceptors (Lipinski definition) is 14. The van der Waals surface area contributed by atoms with Crippen LogP contribution in [-0.4, -0.2) is 108 Å². The van der Waals surface area contributed by atoms with Crippen molar-refractivity contribution in [2.45, 2.75) is 52.7 Å². The summed E-state index contributed by atoms with van der Waals surface area (Å²) in [6, 6.07) is 25.4. The van der Waals surface area contributed by atoms with Crippen LogP contribution in [0.25, 0.3) is 16.6 Å². The van der Waals surface area contributed by atoms with Crippen molar-refractivity contribution < 1.29 is 56.3 Å². The zero-order valence-electron chi connectivity index (χ0n) is 45.6. The first-order valence-corrected chi connectivity index (χ1v) is 24.8. The Bertz CT molecular complexity index is 3140. The number of allylic oxidation sites excluding steroid dienone is 4. The number of aromatic nitrogens is 3. The lowest BCUT2D eigenvalue weighted by atomic mass is 10.1. The quantitative estimate of drug-likeness (QED) is 0.0308. The van der Waals surface area contributed by atoms with Crippen molar-refractivity contribution >= 4 is 40.1 Å². The van der Waals surface area contributed by atoms with Crippen molar-refractivity contribution in [2.75, 3.05) is 64.7 Å².